The summed E-state index contributed by atoms with van der Waals surface area (Å²) in [7, 11) is 0. The molecule has 0 spiro atoms. The Morgan fingerprint density at radius 3 is 2.08 bits per heavy atom. The molecule has 0 aliphatic heterocycles. The van der Waals surface area contributed by atoms with Gasteiger partial charge in [0.15, 0.2) is 0 Å². The summed E-state index contributed by atoms with van der Waals surface area (Å²) < 4.78 is 44.8. The number of hydrogen-bond acceptors (Lipinski definition) is 3. The average molecular weight is 351 g/mol. The zero-order valence-electron chi connectivity index (χ0n) is 12.9. The molecule has 0 bridgehead atoms. The lowest BCUT2D eigenvalue weighted by Crippen LogP contribution is -2.38. The van der Waals surface area contributed by atoms with Crippen molar-refractivity contribution in [3.63, 3.8) is 0 Å². The van der Waals surface area contributed by atoms with Crippen LogP contribution in [0.4, 0.5) is 17.6 Å². The van der Waals surface area contributed by atoms with Crippen molar-refractivity contribution >= 4 is 11.9 Å². The molecular formula is C15H17F4NO4. The topological polar surface area (TPSA) is 86.6 Å². The van der Waals surface area contributed by atoms with Crippen molar-refractivity contribution in [2.75, 3.05) is 6.54 Å². The molecule has 0 aliphatic carbocycles. The van der Waals surface area contributed by atoms with Gasteiger partial charge in [0.1, 0.15) is 5.82 Å². The lowest BCUT2D eigenvalue weighted by atomic mass is 9.94. The first-order valence-corrected chi connectivity index (χ1v) is 6.49. The molecule has 0 radical (unpaired) electrons. The molecule has 1 aromatic rings. The normalized spacial score (nSPS) is 11.2. The van der Waals surface area contributed by atoms with Gasteiger partial charge in [-0.05, 0) is 31.5 Å². The number of carbonyl (C=O) groups is 2. The van der Waals surface area contributed by atoms with Crippen LogP contribution in [-0.4, -0.2) is 34.9 Å². The molecule has 3 N–H and O–H groups in total. The van der Waals surface area contributed by atoms with Gasteiger partial charge in [-0.25, -0.2) is 14.0 Å². The van der Waals surface area contributed by atoms with Gasteiger partial charge >= 0.3 is 18.1 Å². The second-order valence-electron chi connectivity index (χ2n) is 5.20. The first-order chi connectivity index (χ1) is 10.8. The van der Waals surface area contributed by atoms with Crippen LogP contribution in [0.2, 0.25) is 0 Å². The summed E-state index contributed by atoms with van der Waals surface area (Å²) in [5, 5.41) is 18.9. The molecule has 9 heteroatoms. The van der Waals surface area contributed by atoms with Gasteiger partial charge in [-0.2, -0.15) is 13.2 Å². The second-order valence-corrected chi connectivity index (χ2v) is 5.20. The van der Waals surface area contributed by atoms with Crippen molar-refractivity contribution in [2.45, 2.75) is 25.6 Å². The Morgan fingerprint density at radius 1 is 1.21 bits per heavy atom. The van der Waals surface area contributed by atoms with Gasteiger partial charge < -0.3 is 15.5 Å². The summed E-state index contributed by atoms with van der Waals surface area (Å²) in [6.45, 7) is 7.30. The van der Waals surface area contributed by atoms with Crippen molar-refractivity contribution in [1.29, 1.82) is 0 Å². The van der Waals surface area contributed by atoms with Crippen molar-refractivity contribution in [2.24, 2.45) is 0 Å². The summed E-state index contributed by atoms with van der Waals surface area (Å²) in [5.74, 6) is -4.10. The maximum Gasteiger partial charge on any atom is 0.490 e. The first kappa shape index (κ1) is 21.6. The van der Waals surface area contributed by atoms with E-state index in [1.165, 1.54) is 12.1 Å². The van der Waals surface area contributed by atoms with Crippen LogP contribution in [0.1, 0.15) is 19.4 Å². The van der Waals surface area contributed by atoms with E-state index in [1.54, 1.807) is 12.1 Å². The maximum atomic E-state index is 13.1. The predicted octanol–water partition coefficient (Wildman–Crippen LogP) is 2.92. The van der Waals surface area contributed by atoms with Crippen LogP contribution in [0.5, 0.6) is 0 Å². The molecule has 0 amide bonds. The van der Waals surface area contributed by atoms with Crippen LogP contribution in [0.3, 0.4) is 0 Å². The molecule has 0 unspecified atom stereocenters. The highest BCUT2D eigenvalue weighted by atomic mass is 19.4. The quantitative estimate of drug-likeness (QED) is 0.561. The Morgan fingerprint density at radius 2 is 1.71 bits per heavy atom. The molecule has 0 saturated carbocycles. The van der Waals surface area contributed by atoms with Crippen LogP contribution < -0.4 is 5.32 Å². The Hall–Kier alpha value is -2.42. The van der Waals surface area contributed by atoms with Gasteiger partial charge in [-0.3, -0.25) is 0 Å². The lowest BCUT2D eigenvalue weighted by molar-refractivity contribution is -0.192. The third-order valence-electron chi connectivity index (χ3n) is 2.83. The fourth-order valence-corrected chi connectivity index (χ4v) is 1.38. The fourth-order valence-electron chi connectivity index (χ4n) is 1.38. The third-order valence-corrected chi connectivity index (χ3v) is 2.83. The van der Waals surface area contributed by atoms with Crippen molar-refractivity contribution in [3.05, 3.63) is 47.8 Å². The van der Waals surface area contributed by atoms with Gasteiger partial charge in [0.2, 0.25) is 0 Å². The summed E-state index contributed by atoms with van der Waals surface area (Å²) in [4.78, 5) is 19.5. The Bertz CT molecular complexity index is 612. The number of halogens is 4. The molecule has 0 aliphatic rings. The SMILES string of the molecule is C=C(CNC(C)(C)c1cccc(F)c1)C(=O)O.O=C(O)C(F)(F)F. The standard InChI is InChI=1S/C13H16FNO2.C2HF3O2/c1-9(12(16)17)8-15-13(2,3)10-5-4-6-11(14)7-10;3-2(4,5)1(6)7/h4-7,15H,1,8H2,2-3H3,(H,16,17);(H,6,7). The zero-order chi connectivity index (χ0) is 19.1. The van der Waals surface area contributed by atoms with E-state index in [-0.39, 0.29) is 17.9 Å². The Labute approximate surface area is 135 Å². The first-order valence-electron chi connectivity index (χ1n) is 6.49. The molecule has 1 aromatic carbocycles. The maximum absolute atomic E-state index is 13.1. The van der Waals surface area contributed by atoms with E-state index in [2.05, 4.69) is 11.9 Å². The number of aliphatic carboxylic acids is 2. The Balaban J connectivity index is 0.000000640. The molecule has 5 nitrogen and oxygen atoms in total. The number of alkyl halides is 3. The monoisotopic (exact) mass is 351 g/mol. The van der Waals surface area contributed by atoms with Gasteiger partial charge in [0.25, 0.3) is 0 Å². The third kappa shape index (κ3) is 7.73. The van der Waals surface area contributed by atoms with Crippen LogP contribution in [0.15, 0.2) is 36.4 Å². The second kappa shape index (κ2) is 8.44. The van der Waals surface area contributed by atoms with Crippen LogP contribution in [0.25, 0.3) is 0 Å². The van der Waals surface area contributed by atoms with E-state index in [0.717, 1.165) is 5.56 Å². The van der Waals surface area contributed by atoms with E-state index >= 15 is 0 Å². The molecule has 0 heterocycles. The van der Waals surface area contributed by atoms with Crippen molar-refractivity contribution < 1.29 is 37.4 Å². The minimum absolute atomic E-state index is 0.0782. The van der Waals surface area contributed by atoms with Crippen molar-refractivity contribution in [3.8, 4) is 0 Å². The zero-order valence-corrected chi connectivity index (χ0v) is 12.9. The number of hydrogen-bond donors (Lipinski definition) is 3. The highest BCUT2D eigenvalue weighted by molar-refractivity contribution is 5.86. The van der Waals surface area contributed by atoms with Crippen molar-refractivity contribution in [1.82, 2.24) is 5.32 Å². The van der Waals surface area contributed by atoms with Gasteiger partial charge in [-0.1, -0.05) is 18.7 Å². The average Bonchev–Trinajstić information content (AvgIpc) is 2.44. The van der Waals surface area contributed by atoms with Crippen LogP contribution in [-0.2, 0) is 15.1 Å². The summed E-state index contributed by atoms with van der Waals surface area (Å²) in [5.41, 5.74) is 0.325. The minimum atomic E-state index is -5.08. The van der Waals surface area contributed by atoms with Gasteiger partial charge in [-0.15, -0.1) is 0 Å². The molecule has 0 aromatic heterocycles. The summed E-state index contributed by atoms with van der Waals surface area (Å²) in [6.07, 6.45) is -5.08. The molecule has 1 rings (SSSR count). The number of benzene rings is 1. The molecule has 0 atom stereocenters. The molecule has 0 fully saturated rings. The number of nitrogens with one attached hydrogen (secondary N) is 1. The summed E-state index contributed by atoms with van der Waals surface area (Å²) >= 11 is 0. The molecule has 24 heavy (non-hydrogen) atoms. The van der Waals surface area contributed by atoms with E-state index in [9.17, 15) is 22.4 Å². The van der Waals surface area contributed by atoms with Crippen LogP contribution >= 0.6 is 0 Å². The van der Waals surface area contributed by atoms with E-state index in [0.29, 0.717) is 0 Å². The molecule has 134 valence electrons. The lowest BCUT2D eigenvalue weighted by Gasteiger charge is -2.27. The Kier molecular flexibility index (Phi) is 7.59. The predicted molar refractivity (Wildman–Crippen MR) is 77.9 cm³/mol. The minimum Gasteiger partial charge on any atom is -0.478 e. The van der Waals surface area contributed by atoms with E-state index in [4.69, 9.17) is 15.0 Å². The fraction of sp³-hybridized carbons (Fsp3) is 0.333. The van der Waals surface area contributed by atoms with E-state index < -0.39 is 23.7 Å². The largest absolute Gasteiger partial charge is 0.490 e. The number of carboxylic acids is 2. The number of rotatable bonds is 5. The molecular weight excluding hydrogens is 334 g/mol. The van der Waals surface area contributed by atoms with Crippen LogP contribution in [0, 0.1) is 5.82 Å². The number of carboxylic acid groups (broad SMARTS) is 2. The smallest absolute Gasteiger partial charge is 0.478 e. The molecule has 0 saturated heterocycles. The van der Waals surface area contributed by atoms with Gasteiger partial charge in [0.05, 0.1) is 0 Å². The summed E-state index contributed by atoms with van der Waals surface area (Å²) in [6, 6.07) is 6.21. The van der Waals surface area contributed by atoms with Gasteiger partial charge in [0, 0.05) is 17.7 Å². The highest BCUT2D eigenvalue weighted by Gasteiger charge is 2.38. The van der Waals surface area contributed by atoms with E-state index in [1.807, 2.05) is 13.8 Å². The highest BCUT2D eigenvalue weighted by Crippen LogP contribution is 2.20.